The largest absolute Gasteiger partial charge is 0.293 e. The molecular formula is C16H17ClFN7. The van der Waals surface area contributed by atoms with Crippen LogP contribution in [-0.4, -0.2) is 36.3 Å². The van der Waals surface area contributed by atoms with E-state index in [0.29, 0.717) is 17.4 Å². The molecule has 0 aromatic carbocycles. The molecule has 3 N–H and O–H groups in total. The van der Waals surface area contributed by atoms with Crippen LogP contribution in [0.5, 0.6) is 0 Å². The van der Waals surface area contributed by atoms with Gasteiger partial charge in [-0.3, -0.25) is 20.4 Å². The van der Waals surface area contributed by atoms with Crippen molar-refractivity contribution in [1.82, 2.24) is 29.7 Å². The number of hydrazine groups is 2. The first kappa shape index (κ1) is 16.1. The number of aryl methyl sites for hydroxylation is 1. The highest BCUT2D eigenvalue weighted by atomic mass is 35.5. The fraction of sp³-hybridized carbons (Fsp3) is 0.250. The number of aromatic nitrogens is 4. The Balaban J connectivity index is 2.02. The lowest BCUT2D eigenvalue weighted by Gasteiger charge is -2.32. The third-order valence-electron chi connectivity index (χ3n) is 4.47. The third-order valence-corrected chi connectivity index (χ3v) is 4.76. The van der Waals surface area contributed by atoms with Gasteiger partial charge in [0.1, 0.15) is 11.3 Å². The van der Waals surface area contributed by atoms with Gasteiger partial charge in [0.25, 0.3) is 0 Å². The number of imidazole rings is 1. The molecule has 9 heteroatoms. The van der Waals surface area contributed by atoms with Gasteiger partial charge < -0.3 is 0 Å². The fourth-order valence-electron chi connectivity index (χ4n) is 3.31. The van der Waals surface area contributed by atoms with Gasteiger partial charge in [-0.15, -0.1) is 0 Å². The van der Waals surface area contributed by atoms with Crippen LogP contribution in [0.2, 0.25) is 5.02 Å². The Bertz CT molecular complexity index is 963. The van der Waals surface area contributed by atoms with Gasteiger partial charge in [0.2, 0.25) is 5.95 Å². The summed E-state index contributed by atoms with van der Waals surface area (Å²) in [5.41, 5.74) is 2.74. The van der Waals surface area contributed by atoms with Crippen LogP contribution in [0, 0.1) is 12.9 Å². The molecule has 1 aliphatic rings. The van der Waals surface area contributed by atoms with Gasteiger partial charge in [-0.1, -0.05) is 11.6 Å². The smallest absolute Gasteiger partial charge is 0.240 e. The molecule has 0 bridgehead atoms. The Hall–Kier alpha value is -2.42. The molecule has 0 radical (unpaired) electrons. The molecule has 0 fully saturated rings. The van der Waals surface area contributed by atoms with E-state index in [1.807, 2.05) is 24.2 Å². The molecule has 0 spiro atoms. The summed E-state index contributed by atoms with van der Waals surface area (Å²) in [4.78, 5) is 3.95. The number of pyridine rings is 1. The average Bonchev–Trinajstić information content (AvgIpc) is 3.29. The number of rotatable bonds is 3. The van der Waals surface area contributed by atoms with Crippen LogP contribution in [0.4, 0.5) is 4.39 Å². The number of halogens is 2. The van der Waals surface area contributed by atoms with Crippen LogP contribution >= 0.6 is 11.6 Å². The predicted octanol–water partition coefficient (Wildman–Crippen LogP) is 2.81. The summed E-state index contributed by atoms with van der Waals surface area (Å²) in [7, 11) is 0. The second-order valence-electron chi connectivity index (χ2n) is 5.98. The monoisotopic (exact) mass is 361 g/mol. The summed E-state index contributed by atoms with van der Waals surface area (Å²) in [5.74, 6) is 5.96. The van der Waals surface area contributed by atoms with Crippen molar-refractivity contribution in [2.24, 2.45) is 5.84 Å². The normalized spacial score (nSPS) is 16.3. The predicted molar refractivity (Wildman–Crippen MR) is 92.8 cm³/mol. The van der Waals surface area contributed by atoms with Crippen LogP contribution in [0.3, 0.4) is 0 Å². The van der Waals surface area contributed by atoms with Crippen molar-refractivity contribution in [2.45, 2.75) is 19.9 Å². The lowest BCUT2D eigenvalue weighted by molar-refractivity contribution is 0.0158. The van der Waals surface area contributed by atoms with Crippen molar-refractivity contribution in [3.8, 4) is 11.3 Å². The zero-order chi connectivity index (χ0) is 17.7. The third kappa shape index (κ3) is 2.41. The van der Waals surface area contributed by atoms with Crippen molar-refractivity contribution in [3.05, 3.63) is 53.1 Å². The van der Waals surface area contributed by atoms with Crippen LogP contribution in [0.1, 0.15) is 24.4 Å². The molecule has 7 nitrogen and oxygen atoms in total. The van der Waals surface area contributed by atoms with Crippen molar-refractivity contribution in [1.29, 1.82) is 0 Å². The van der Waals surface area contributed by atoms with Crippen molar-refractivity contribution in [3.63, 3.8) is 0 Å². The molecule has 0 amide bonds. The van der Waals surface area contributed by atoms with Gasteiger partial charge in [0.05, 0.1) is 29.5 Å². The molecule has 4 rings (SSSR count). The zero-order valence-corrected chi connectivity index (χ0v) is 14.5. The Morgan fingerprint density at radius 2 is 2.24 bits per heavy atom. The molecule has 1 unspecified atom stereocenters. The minimum atomic E-state index is -0.590. The van der Waals surface area contributed by atoms with Gasteiger partial charge in [-0.25, -0.2) is 4.98 Å². The first-order valence-electron chi connectivity index (χ1n) is 7.82. The molecule has 0 saturated heterocycles. The lowest BCUT2D eigenvalue weighted by Crippen LogP contribution is -2.42. The summed E-state index contributed by atoms with van der Waals surface area (Å²) in [6, 6.07) is 1.65. The maximum absolute atomic E-state index is 14.3. The van der Waals surface area contributed by atoms with Crippen molar-refractivity contribution >= 4 is 17.1 Å². The van der Waals surface area contributed by atoms with E-state index >= 15 is 0 Å². The van der Waals surface area contributed by atoms with Crippen molar-refractivity contribution in [2.75, 3.05) is 6.54 Å². The Labute approximate surface area is 148 Å². The molecule has 25 heavy (non-hydrogen) atoms. The van der Waals surface area contributed by atoms with E-state index in [9.17, 15) is 4.39 Å². The lowest BCUT2D eigenvalue weighted by atomic mass is 10.0. The number of fused-ring (bicyclic) bond motifs is 1. The average molecular weight is 362 g/mol. The van der Waals surface area contributed by atoms with E-state index < -0.39 is 5.95 Å². The van der Waals surface area contributed by atoms with Crippen LogP contribution in [0.15, 0.2) is 30.7 Å². The first-order valence-corrected chi connectivity index (χ1v) is 8.20. The molecule has 0 aliphatic carbocycles. The van der Waals surface area contributed by atoms with E-state index in [1.54, 1.807) is 34.9 Å². The quantitative estimate of drug-likeness (QED) is 0.701. The molecule has 1 atom stereocenters. The van der Waals surface area contributed by atoms with Crippen LogP contribution in [-0.2, 0) is 0 Å². The second-order valence-corrected chi connectivity index (χ2v) is 6.39. The molecule has 3 aromatic rings. The highest BCUT2D eigenvalue weighted by Crippen LogP contribution is 2.37. The summed E-state index contributed by atoms with van der Waals surface area (Å²) >= 11 is 6.40. The summed E-state index contributed by atoms with van der Waals surface area (Å²) in [6.07, 6.45) is 7.34. The fourth-order valence-corrected chi connectivity index (χ4v) is 3.59. The number of nitrogens with one attached hydrogen (secondary N) is 1. The second kappa shape index (κ2) is 5.83. The maximum atomic E-state index is 14.3. The van der Waals surface area contributed by atoms with Gasteiger partial charge >= 0.3 is 0 Å². The van der Waals surface area contributed by atoms with Crippen molar-refractivity contribution < 1.29 is 4.39 Å². The molecule has 3 aromatic heterocycles. The molecule has 1 aliphatic heterocycles. The SMILES string of the molecule is Cc1nc(F)c2c(Cl)cc(C(C)N3C=CCN3N)c(-c3cn[nH]c3)n12. The minimum absolute atomic E-state index is 0.125. The van der Waals surface area contributed by atoms with E-state index in [2.05, 4.69) is 15.2 Å². The number of H-pyrrole nitrogens is 1. The molecule has 4 heterocycles. The number of nitrogens with two attached hydrogens (primary N) is 1. The number of aromatic amines is 1. The van der Waals surface area contributed by atoms with Crippen LogP contribution < -0.4 is 5.84 Å². The highest BCUT2D eigenvalue weighted by Gasteiger charge is 2.27. The minimum Gasteiger partial charge on any atom is -0.293 e. The number of hydrogen-bond donors (Lipinski definition) is 2. The highest BCUT2D eigenvalue weighted by molar-refractivity contribution is 6.34. The Kier molecular flexibility index (Phi) is 3.75. The molecule has 0 saturated carbocycles. The van der Waals surface area contributed by atoms with E-state index in [0.717, 1.165) is 16.8 Å². The van der Waals surface area contributed by atoms with Gasteiger partial charge in [0, 0.05) is 23.5 Å². The first-order chi connectivity index (χ1) is 12.0. The Morgan fingerprint density at radius 1 is 1.44 bits per heavy atom. The topological polar surface area (TPSA) is 78.5 Å². The number of hydrogen-bond acceptors (Lipinski definition) is 5. The van der Waals surface area contributed by atoms with E-state index in [1.165, 1.54) is 0 Å². The van der Waals surface area contributed by atoms with Crippen LogP contribution in [0.25, 0.3) is 16.8 Å². The summed E-state index contributed by atoms with van der Waals surface area (Å²) in [6.45, 7) is 4.38. The van der Waals surface area contributed by atoms with Gasteiger partial charge in [-0.2, -0.15) is 14.6 Å². The standard InChI is InChI=1S/C16H17ClFN7/c1-9(23-4-3-5-24(23)19)12-6-13(17)15-16(18)22-10(2)25(15)14(12)11-7-20-21-8-11/h3-4,6-9H,5,19H2,1-2H3,(H,20,21). The summed E-state index contributed by atoms with van der Waals surface area (Å²) in [5, 5.41) is 10.7. The van der Waals surface area contributed by atoms with E-state index in [-0.39, 0.29) is 11.6 Å². The zero-order valence-electron chi connectivity index (χ0n) is 13.7. The van der Waals surface area contributed by atoms with Gasteiger partial charge in [-0.05, 0) is 26.0 Å². The molecular weight excluding hydrogens is 345 g/mol. The van der Waals surface area contributed by atoms with Gasteiger partial charge in [0.15, 0.2) is 0 Å². The maximum Gasteiger partial charge on any atom is 0.240 e. The summed E-state index contributed by atoms with van der Waals surface area (Å²) < 4.78 is 16.0. The molecule has 130 valence electrons. The number of nitrogens with zero attached hydrogens (tertiary/aromatic N) is 5. The van der Waals surface area contributed by atoms with E-state index in [4.69, 9.17) is 17.4 Å². The Morgan fingerprint density at radius 3 is 2.88 bits per heavy atom.